The summed E-state index contributed by atoms with van der Waals surface area (Å²) in [6, 6.07) is 6.31. The molecule has 0 amide bonds. The van der Waals surface area contributed by atoms with Crippen LogP contribution < -0.4 is 11.5 Å². The minimum Gasteiger partial charge on any atom is -0.506 e. The highest BCUT2D eigenvalue weighted by molar-refractivity contribution is 5.48. The summed E-state index contributed by atoms with van der Waals surface area (Å²) in [5.41, 5.74) is 11.7. The molecule has 0 aromatic heterocycles. The lowest BCUT2D eigenvalue weighted by Crippen LogP contribution is -2.20. The van der Waals surface area contributed by atoms with Gasteiger partial charge in [0.15, 0.2) is 0 Å². The lowest BCUT2D eigenvalue weighted by atomic mass is 10.0. The number of nitriles is 1. The second kappa shape index (κ2) is 3.90. The third-order valence-electron chi connectivity index (χ3n) is 1.84. The summed E-state index contributed by atoms with van der Waals surface area (Å²) in [6.07, 6.45) is 0. The maximum absolute atomic E-state index is 9.53. The Balaban J connectivity index is 3.17. The molecule has 1 atom stereocenters. The van der Waals surface area contributed by atoms with E-state index in [1.807, 2.05) is 6.07 Å². The summed E-state index contributed by atoms with van der Waals surface area (Å²) in [7, 11) is 0. The zero-order valence-electron chi connectivity index (χ0n) is 7.07. The highest BCUT2D eigenvalue weighted by atomic mass is 16.3. The molecular weight excluding hydrogens is 166 g/mol. The van der Waals surface area contributed by atoms with Crippen LogP contribution >= 0.6 is 0 Å². The van der Waals surface area contributed by atoms with Gasteiger partial charge in [0.25, 0.3) is 0 Å². The molecule has 68 valence electrons. The van der Waals surface area contributed by atoms with Crippen LogP contribution in [-0.4, -0.2) is 11.7 Å². The van der Waals surface area contributed by atoms with E-state index in [1.165, 1.54) is 6.07 Å². The first-order chi connectivity index (χ1) is 6.20. The number of hydrogen-bond acceptors (Lipinski definition) is 4. The predicted molar refractivity (Wildman–Crippen MR) is 48.8 cm³/mol. The van der Waals surface area contributed by atoms with Gasteiger partial charge in [0, 0.05) is 18.2 Å². The molecule has 0 spiro atoms. The molecule has 1 aromatic carbocycles. The lowest BCUT2D eigenvalue weighted by Gasteiger charge is -2.11. The molecule has 0 fully saturated rings. The Kier molecular flexibility index (Phi) is 2.85. The molecule has 0 aliphatic heterocycles. The van der Waals surface area contributed by atoms with Crippen LogP contribution in [0.1, 0.15) is 17.2 Å². The van der Waals surface area contributed by atoms with E-state index in [9.17, 15) is 5.11 Å². The number of nitrogens with zero attached hydrogens (tertiary/aromatic N) is 1. The number of aromatic hydroxyl groups is 1. The van der Waals surface area contributed by atoms with Crippen molar-refractivity contribution < 1.29 is 5.11 Å². The van der Waals surface area contributed by atoms with Crippen LogP contribution in [-0.2, 0) is 0 Å². The van der Waals surface area contributed by atoms with Crippen LogP contribution in [0.25, 0.3) is 0 Å². The summed E-state index contributed by atoms with van der Waals surface area (Å²) in [6.45, 7) is 0.239. The smallest absolute Gasteiger partial charge is 0.138 e. The fourth-order valence-corrected chi connectivity index (χ4v) is 1.08. The van der Waals surface area contributed by atoms with Crippen molar-refractivity contribution in [3.63, 3.8) is 0 Å². The number of nitrogens with two attached hydrogens (primary N) is 2. The first kappa shape index (κ1) is 9.52. The second-order valence-electron chi connectivity index (χ2n) is 2.70. The lowest BCUT2D eigenvalue weighted by molar-refractivity contribution is 0.460. The highest BCUT2D eigenvalue weighted by Crippen LogP contribution is 2.25. The van der Waals surface area contributed by atoms with Gasteiger partial charge >= 0.3 is 0 Å². The van der Waals surface area contributed by atoms with Gasteiger partial charge < -0.3 is 16.6 Å². The van der Waals surface area contributed by atoms with Crippen LogP contribution in [0.5, 0.6) is 5.75 Å². The van der Waals surface area contributed by atoms with Gasteiger partial charge in [-0.1, -0.05) is 12.1 Å². The monoisotopic (exact) mass is 177 g/mol. The average Bonchev–Trinajstić information content (AvgIpc) is 2.17. The average molecular weight is 177 g/mol. The molecule has 4 nitrogen and oxygen atoms in total. The third kappa shape index (κ3) is 1.78. The summed E-state index contributed by atoms with van der Waals surface area (Å²) in [4.78, 5) is 0. The van der Waals surface area contributed by atoms with Gasteiger partial charge in [0.05, 0.1) is 5.56 Å². The van der Waals surface area contributed by atoms with E-state index in [1.54, 1.807) is 12.1 Å². The van der Waals surface area contributed by atoms with E-state index in [0.29, 0.717) is 5.56 Å². The van der Waals surface area contributed by atoms with Gasteiger partial charge in [-0.25, -0.2) is 0 Å². The number of phenols is 1. The molecule has 0 saturated carbocycles. The maximum atomic E-state index is 9.53. The van der Waals surface area contributed by atoms with Gasteiger partial charge in [-0.3, -0.25) is 0 Å². The molecular formula is C9H11N3O. The minimum absolute atomic E-state index is 0.0667. The number of benzene rings is 1. The Bertz CT molecular complexity index is 343. The summed E-state index contributed by atoms with van der Waals surface area (Å²) in [5, 5.41) is 18.1. The zero-order valence-corrected chi connectivity index (χ0v) is 7.07. The number of phenolic OH excluding ortho intramolecular Hbond substituents is 1. The molecule has 1 aromatic rings. The molecule has 0 unspecified atom stereocenters. The molecule has 0 bridgehead atoms. The van der Waals surface area contributed by atoms with E-state index in [0.717, 1.165) is 0 Å². The largest absolute Gasteiger partial charge is 0.506 e. The van der Waals surface area contributed by atoms with Gasteiger partial charge in [0.1, 0.15) is 11.8 Å². The topological polar surface area (TPSA) is 96.1 Å². The van der Waals surface area contributed by atoms with Crippen molar-refractivity contribution in [2.24, 2.45) is 11.5 Å². The molecule has 5 N–H and O–H groups in total. The van der Waals surface area contributed by atoms with Crippen LogP contribution in [0, 0.1) is 11.3 Å². The van der Waals surface area contributed by atoms with Crippen molar-refractivity contribution >= 4 is 0 Å². The molecule has 4 heteroatoms. The van der Waals surface area contributed by atoms with Gasteiger partial charge in [-0.05, 0) is 6.07 Å². The zero-order chi connectivity index (χ0) is 9.84. The van der Waals surface area contributed by atoms with E-state index >= 15 is 0 Å². The van der Waals surface area contributed by atoms with Crippen molar-refractivity contribution in [3.05, 3.63) is 29.3 Å². The number of hydrogen-bond donors (Lipinski definition) is 3. The molecule has 0 heterocycles. The summed E-state index contributed by atoms with van der Waals surface area (Å²) >= 11 is 0. The highest BCUT2D eigenvalue weighted by Gasteiger charge is 2.11. The molecule has 0 saturated heterocycles. The number of para-hydroxylation sites is 1. The van der Waals surface area contributed by atoms with E-state index in [4.69, 9.17) is 16.7 Å². The normalized spacial score (nSPS) is 12.1. The third-order valence-corrected chi connectivity index (χ3v) is 1.84. The minimum atomic E-state index is -0.423. The van der Waals surface area contributed by atoms with Crippen molar-refractivity contribution in [1.29, 1.82) is 5.26 Å². The van der Waals surface area contributed by atoms with Crippen LogP contribution in [0.2, 0.25) is 0 Å². The van der Waals surface area contributed by atoms with Crippen molar-refractivity contribution in [2.75, 3.05) is 6.54 Å². The van der Waals surface area contributed by atoms with Crippen molar-refractivity contribution in [2.45, 2.75) is 6.04 Å². The standard InChI is InChI=1S/C9H11N3O/c10-4-6-2-1-3-7(9(6)13)8(12)5-11/h1-3,8,13H,5,11-12H2/t8-/m1/s1. The Morgan fingerprint density at radius 2 is 2.23 bits per heavy atom. The molecule has 13 heavy (non-hydrogen) atoms. The second-order valence-corrected chi connectivity index (χ2v) is 2.70. The molecule has 1 rings (SSSR count). The van der Waals surface area contributed by atoms with E-state index in [-0.39, 0.29) is 17.9 Å². The van der Waals surface area contributed by atoms with Gasteiger partial charge in [-0.15, -0.1) is 0 Å². The quantitative estimate of drug-likeness (QED) is 0.602. The van der Waals surface area contributed by atoms with Gasteiger partial charge in [0.2, 0.25) is 0 Å². The molecule has 0 aliphatic rings. The Hall–Kier alpha value is -1.57. The first-order valence-corrected chi connectivity index (χ1v) is 3.88. The molecule has 0 radical (unpaired) electrons. The van der Waals surface area contributed by atoms with Crippen LogP contribution in [0.3, 0.4) is 0 Å². The maximum Gasteiger partial charge on any atom is 0.138 e. The Labute approximate surface area is 76.4 Å². The van der Waals surface area contributed by atoms with E-state index < -0.39 is 6.04 Å². The predicted octanol–water partition coefficient (Wildman–Crippen LogP) is 0.222. The Morgan fingerprint density at radius 1 is 1.54 bits per heavy atom. The summed E-state index contributed by atoms with van der Waals surface area (Å²) in [5.74, 6) is -0.0667. The number of rotatable bonds is 2. The van der Waals surface area contributed by atoms with E-state index in [2.05, 4.69) is 0 Å². The van der Waals surface area contributed by atoms with Crippen LogP contribution in [0.4, 0.5) is 0 Å². The van der Waals surface area contributed by atoms with Crippen LogP contribution in [0.15, 0.2) is 18.2 Å². The van der Waals surface area contributed by atoms with Gasteiger partial charge in [-0.2, -0.15) is 5.26 Å². The summed E-state index contributed by atoms with van der Waals surface area (Å²) < 4.78 is 0. The Morgan fingerprint density at radius 3 is 2.77 bits per heavy atom. The fraction of sp³-hybridized carbons (Fsp3) is 0.222. The SMILES string of the molecule is N#Cc1cccc([C@H](N)CN)c1O. The fourth-order valence-electron chi connectivity index (χ4n) is 1.08. The van der Waals surface area contributed by atoms with Crippen molar-refractivity contribution in [3.8, 4) is 11.8 Å². The molecule has 0 aliphatic carbocycles. The first-order valence-electron chi connectivity index (χ1n) is 3.88. The van der Waals surface area contributed by atoms with Crippen molar-refractivity contribution in [1.82, 2.24) is 0 Å².